The quantitative estimate of drug-likeness (QED) is 0.583. The first-order valence-electron chi connectivity index (χ1n) is 6.96. The molecule has 0 aromatic heterocycles. The molecule has 0 heterocycles. The number of allylic oxidation sites excluding steroid dienone is 4. The molecule has 1 fully saturated rings. The minimum atomic E-state index is 0.461. The third-order valence-corrected chi connectivity index (χ3v) is 5.85. The Labute approximate surface area is 122 Å². The molecule has 3 aliphatic rings. The van der Waals surface area contributed by atoms with E-state index in [0.29, 0.717) is 11.3 Å². The first-order chi connectivity index (χ1) is 8.81. The van der Waals surface area contributed by atoms with Crippen LogP contribution in [0.2, 0.25) is 0 Å². The van der Waals surface area contributed by atoms with Gasteiger partial charge in [0.2, 0.25) is 0 Å². The van der Waals surface area contributed by atoms with E-state index < -0.39 is 0 Å². The second-order valence-electron chi connectivity index (χ2n) is 5.92. The molecule has 1 aromatic carbocycles. The first kappa shape index (κ1) is 11.3. The summed E-state index contributed by atoms with van der Waals surface area (Å²) in [6, 6.07) is 7.11. The van der Waals surface area contributed by atoms with Gasteiger partial charge in [-0.2, -0.15) is 0 Å². The zero-order valence-electron chi connectivity index (χ0n) is 10.4. The van der Waals surface area contributed by atoms with Crippen LogP contribution in [0.15, 0.2) is 42.5 Å². The first-order valence-corrected chi connectivity index (χ1v) is 8.04. The van der Waals surface area contributed by atoms with Crippen molar-refractivity contribution in [1.29, 1.82) is 0 Å². The standard InChI is InChI=1S/C17H17I/c18-12-7-8-14-13-5-1-2-6-15(13)17(16(14)11-12)9-3-4-10-17/h1-2,5-8,11,13,15H,3-4,9-10H2. The van der Waals surface area contributed by atoms with Crippen LogP contribution in [0.5, 0.6) is 0 Å². The van der Waals surface area contributed by atoms with Gasteiger partial charge in [0.15, 0.2) is 0 Å². The minimum absolute atomic E-state index is 0.461. The Morgan fingerprint density at radius 3 is 2.67 bits per heavy atom. The Morgan fingerprint density at radius 2 is 1.83 bits per heavy atom. The van der Waals surface area contributed by atoms with E-state index in [9.17, 15) is 0 Å². The zero-order chi connectivity index (χ0) is 12.2. The fourth-order valence-corrected chi connectivity index (χ4v) is 4.96. The van der Waals surface area contributed by atoms with Crippen molar-refractivity contribution in [3.8, 4) is 0 Å². The van der Waals surface area contributed by atoms with Gasteiger partial charge in [-0.3, -0.25) is 0 Å². The molecular weight excluding hydrogens is 331 g/mol. The largest absolute Gasteiger partial charge is 0.0796 e. The van der Waals surface area contributed by atoms with Gasteiger partial charge in [0.1, 0.15) is 0 Å². The maximum Gasteiger partial charge on any atom is 0.0133 e. The van der Waals surface area contributed by atoms with Gasteiger partial charge in [0.05, 0.1) is 0 Å². The highest BCUT2D eigenvalue weighted by molar-refractivity contribution is 14.1. The second kappa shape index (κ2) is 3.96. The summed E-state index contributed by atoms with van der Waals surface area (Å²) in [5, 5.41) is 0. The monoisotopic (exact) mass is 348 g/mol. The van der Waals surface area contributed by atoms with Crippen LogP contribution in [0.3, 0.4) is 0 Å². The molecule has 92 valence electrons. The average Bonchev–Trinajstić information content (AvgIpc) is 2.98. The lowest BCUT2D eigenvalue weighted by atomic mass is 9.70. The Bertz CT molecular complexity index is 547. The Balaban J connectivity index is 1.96. The summed E-state index contributed by atoms with van der Waals surface area (Å²) >= 11 is 2.46. The number of halogens is 1. The number of hydrogen-bond acceptors (Lipinski definition) is 0. The Hall–Kier alpha value is -0.570. The van der Waals surface area contributed by atoms with Crippen LogP contribution < -0.4 is 0 Å². The summed E-state index contributed by atoms with van der Waals surface area (Å²) in [4.78, 5) is 0. The molecule has 0 nitrogen and oxygen atoms in total. The van der Waals surface area contributed by atoms with Crippen molar-refractivity contribution in [3.05, 3.63) is 57.2 Å². The molecule has 1 heteroatoms. The van der Waals surface area contributed by atoms with E-state index in [-0.39, 0.29) is 0 Å². The molecule has 0 radical (unpaired) electrons. The zero-order valence-corrected chi connectivity index (χ0v) is 12.6. The smallest absolute Gasteiger partial charge is 0.0133 e. The van der Waals surface area contributed by atoms with Crippen molar-refractivity contribution >= 4 is 22.6 Å². The predicted octanol–water partition coefficient (Wildman–Crippen LogP) is 4.94. The molecule has 0 N–H and O–H groups in total. The fourth-order valence-electron chi connectivity index (χ4n) is 4.47. The van der Waals surface area contributed by atoms with Crippen LogP contribution in [0.25, 0.3) is 0 Å². The maximum atomic E-state index is 2.48. The van der Waals surface area contributed by atoms with Crippen molar-refractivity contribution in [2.75, 3.05) is 0 Å². The summed E-state index contributed by atoms with van der Waals surface area (Å²) in [7, 11) is 0. The fraction of sp³-hybridized carbons (Fsp3) is 0.412. The van der Waals surface area contributed by atoms with Gasteiger partial charge in [-0.25, -0.2) is 0 Å². The summed E-state index contributed by atoms with van der Waals surface area (Å²) < 4.78 is 1.39. The summed E-state index contributed by atoms with van der Waals surface area (Å²) in [6.07, 6.45) is 15.0. The van der Waals surface area contributed by atoms with E-state index in [1.807, 2.05) is 0 Å². The molecule has 18 heavy (non-hydrogen) atoms. The highest BCUT2D eigenvalue weighted by atomic mass is 127. The van der Waals surface area contributed by atoms with Crippen molar-refractivity contribution in [2.24, 2.45) is 5.92 Å². The van der Waals surface area contributed by atoms with Crippen LogP contribution in [0.1, 0.15) is 42.7 Å². The Kier molecular flexibility index (Phi) is 2.48. The maximum absolute atomic E-state index is 2.48. The van der Waals surface area contributed by atoms with Crippen LogP contribution >= 0.6 is 22.6 Å². The van der Waals surface area contributed by atoms with E-state index in [0.717, 1.165) is 5.92 Å². The molecule has 2 unspecified atom stereocenters. The number of rotatable bonds is 0. The summed E-state index contributed by atoms with van der Waals surface area (Å²) in [5.74, 6) is 1.36. The van der Waals surface area contributed by atoms with E-state index in [2.05, 4.69) is 65.1 Å². The van der Waals surface area contributed by atoms with Crippen molar-refractivity contribution in [1.82, 2.24) is 0 Å². The van der Waals surface area contributed by atoms with Crippen LogP contribution in [0, 0.1) is 9.49 Å². The summed E-state index contributed by atoms with van der Waals surface area (Å²) in [6.45, 7) is 0. The van der Waals surface area contributed by atoms with Gasteiger partial charge in [0, 0.05) is 14.9 Å². The third-order valence-electron chi connectivity index (χ3n) is 5.18. The molecule has 3 aliphatic carbocycles. The molecule has 0 saturated heterocycles. The van der Waals surface area contributed by atoms with Crippen molar-refractivity contribution in [3.63, 3.8) is 0 Å². The SMILES string of the molecule is Ic1ccc2c(c1)C1(CCCC1)C1C=CC=CC21. The highest BCUT2D eigenvalue weighted by Crippen LogP contribution is 2.60. The van der Waals surface area contributed by atoms with E-state index in [4.69, 9.17) is 0 Å². The van der Waals surface area contributed by atoms with Crippen molar-refractivity contribution in [2.45, 2.75) is 37.0 Å². The van der Waals surface area contributed by atoms with E-state index in [1.165, 1.54) is 29.3 Å². The second-order valence-corrected chi connectivity index (χ2v) is 7.16. The van der Waals surface area contributed by atoms with Gasteiger partial charge in [0.25, 0.3) is 0 Å². The van der Waals surface area contributed by atoms with Gasteiger partial charge < -0.3 is 0 Å². The van der Waals surface area contributed by atoms with Crippen molar-refractivity contribution < 1.29 is 0 Å². The Morgan fingerprint density at radius 1 is 1.06 bits per heavy atom. The van der Waals surface area contributed by atoms with Gasteiger partial charge in [-0.1, -0.05) is 43.2 Å². The van der Waals surface area contributed by atoms with Crippen LogP contribution in [-0.4, -0.2) is 0 Å². The van der Waals surface area contributed by atoms with Gasteiger partial charge in [-0.05, 0) is 64.6 Å². The molecule has 1 saturated carbocycles. The van der Waals surface area contributed by atoms with Gasteiger partial charge in [-0.15, -0.1) is 0 Å². The molecule has 1 aromatic rings. The topological polar surface area (TPSA) is 0 Å². The molecule has 0 amide bonds. The number of hydrogen-bond donors (Lipinski definition) is 0. The molecular formula is C17H17I. The average molecular weight is 348 g/mol. The normalized spacial score (nSPS) is 30.7. The molecule has 1 spiro atoms. The lowest BCUT2D eigenvalue weighted by Gasteiger charge is -2.33. The molecule has 0 bridgehead atoms. The van der Waals surface area contributed by atoms with E-state index >= 15 is 0 Å². The number of fused-ring (bicyclic) bond motifs is 5. The van der Waals surface area contributed by atoms with Crippen LogP contribution in [0.4, 0.5) is 0 Å². The minimum Gasteiger partial charge on any atom is -0.0796 e. The number of benzene rings is 1. The van der Waals surface area contributed by atoms with E-state index in [1.54, 1.807) is 11.1 Å². The molecule has 0 aliphatic heterocycles. The summed E-state index contributed by atoms with van der Waals surface area (Å²) in [5.41, 5.74) is 3.73. The lowest BCUT2D eigenvalue weighted by Crippen LogP contribution is -2.28. The van der Waals surface area contributed by atoms with Crippen LogP contribution in [-0.2, 0) is 5.41 Å². The molecule has 2 atom stereocenters. The predicted molar refractivity (Wildman–Crippen MR) is 83.8 cm³/mol. The third kappa shape index (κ3) is 1.37. The lowest BCUT2D eigenvalue weighted by molar-refractivity contribution is 0.336. The highest BCUT2D eigenvalue weighted by Gasteiger charge is 2.51. The van der Waals surface area contributed by atoms with Gasteiger partial charge >= 0.3 is 0 Å². The molecule has 4 rings (SSSR count).